The molecule has 4 heteroatoms. The van der Waals surface area contributed by atoms with Crippen LogP contribution in [-0.2, 0) is 0 Å². The average molecular weight is 202 g/mol. The van der Waals surface area contributed by atoms with Crippen LogP contribution in [-0.4, -0.2) is 23.9 Å². The molecule has 1 saturated carbocycles. The monoisotopic (exact) mass is 202 g/mol. The van der Waals surface area contributed by atoms with E-state index < -0.39 is 0 Å². The summed E-state index contributed by atoms with van der Waals surface area (Å²) in [5.41, 5.74) is 0.624. The van der Waals surface area contributed by atoms with Gasteiger partial charge in [-0.3, -0.25) is 4.79 Å². The zero-order valence-corrected chi connectivity index (χ0v) is 8.30. The number of nitrogens with zero attached hydrogens (tertiary/aromatic N) is 2. The highest BCUT2D eigenvalue weighted by molar-refractivity contribution is 5.97. The minimum atomic E-state index is -0.00421. The highest BCUT2D eigenvalue weighted by atomic mass is 16.3. The molecule has 1 fully saturated rings. The van der Waals surface area contributed by atoms with Gasteiger partial charge in [-0.1, -0.05) is 0 Å². The number of amides is 1. The molecule has 1 amide bonds. The van der Waals surface area contributed by atoms with Crippen molar-refractivity contribution < 1.29 is 9.21 Å². The Morgan fingerprint density at radius 2 is 2.47 bits per heavy atom. The Bertz CT molecular complexity index is 471. The Balaban J connectivity index is 2.11. The van der Waals surface area contributed by atoms with Crippen molar-refractivity contribution in [1.82, 2.24) is 4.90 Å². The maximum atomic E-state index is 11.8. The van der Waals surface area contributed by atoms with E-state index >= 15 is 0 Å². The molecule has 0 spiro atoms. The molecule has 15 heavy (non-hydrogen) atoms. The summed E-state index contributed by atoms with van der Waals surface area (Å²) in [6.45, 7) is 0. The number of furan rings is 1. The molecule has 2 heterocycles. The molecule has 2 aliphatic rings. The number of likely N-dealkylation sites (N-methyl/N-ethyl adjacent to an activating group) is 1. The van der Waals surface area contributed by atoms with Gasteiger partial charge in [-0.25, -0.2) is 0 Å². The Labute approximate surface area is 87.1 Å². The summed E-state index contributed by atoms with van der Waals surface area (Å²) in [6, 6.07) is 4.11. The van der Waals surface area contributed by atoms with Crippen LogP contribution in [0.4, 0.5) is 0 Å². The van der Waals surface area contributed by atoms with E-state index in [1.165, 1.54) is 6.26 Å². The van der Waals surface area contributed by atoms with Gasteiger partial charge in [0.1, 0.15) is 5.76 Å². The zero-order chi connectivity index (χ0) is 10.6. The average Bonchev–Trinajstić information content (AvgIpc) is 2.63. The molecular formula is C11H10N2O2. The number of hydrogen-bond donors (Lipinski definition) is 0. The van der Waals surface area contributed by atoms with Gasteiger partial charge in [0.15, 0.2) is 0 Å². The van der Waals surface area contributed by atoms with Crippen molar-refractivity contribution in [2.24, 2.45) is 5.92 Å². The third kappa shape index (κ3) is 0.878. The molecule has 1 aromatic rings. The lowest BCUT2D eigenvalue weighted by atomic mass is 9.65. The van der Waals surface area contributed by atoms with E-state index in [0.717, 1.165) is 6.42 Å². The van der Waals surface area contributed by atoms with E-state index in [2.05, 4.69) is 6.07 Å². The molecular weight excluding hydrogens is 192 g/mol. The predicted molar refractivity (Wildman–Crippen MR) is 51.1 cm³/mol. The van der Waals surface area contributed by atoms with Crippen LogP contribution in [0.5, 0.6) is 0 Å². The molecule has 0 bridgehead atoms. The van der Waals surface area contributed by atoms with Crippen LogP contribution in [0.25, 0.3) is 0 Å². The Hall–Kier alpha value is -1.76. The molecule has 4 nitrogen and oxygen atoms in total. The fourth-order valence-electron chi connectivity index (χ4n) is 2.61. The Morgan fingerprint density at radius 3 is 3.20 bits per heavy atom. The molecule has 3 atom stereocenters. The smallest absolute Gasteiger partial charge is 0.257 e. The zero-order valence-electron chi connectivity index (χ0n) is 8.30. The largest absolute Gasteiger partial charge is 0.468 e. The number of rotatable bonds is 0. The first-order chi connectivity index (χ1) is 7.24. The van der Waals surface area contributed by atoms with Crippen molar-refractivity contribution in [2.75, 3.05) is 7.05 Å². The molecule has 1 aromatic heterocycles. The first-order valence-corrected chi connectivity index (χ1v) is 4.98. The molecule has 0 N–H and O–H groups in total. The lowest BCUT2D eigenvalue weighted by Crippen LogP contribution is -2.54. The second-order valence-corrected chi connectivity index (χ2v) is 4.18. The van der Waals surface area contributed by atoms with Crippen molar-refractivity contribution in [3.63, 3.8) is 0 Å². The van der Waals surface area contributed by atoms with Gasteiger partial charge in [-0.2, -0.15) is 5.26 Å². The van der Waals surface area contributed by atoms with Gasteiger partial charge in [-0.05, 0) is 12.5 Å². The van der Waals surface area contributed by atoms with Crippen LogP contribution in [0.2, 0.25) is 0 Å². The van der Waals surface area contributed by atoms with Crippen molar-refractivity contribution in [2.45, 2.75) is 18.4 Å². The Kier molecular flexibility index (Phi) is 1.50. The van der Waals surface area contributed by atoms with E-state index in [4.69, 9.17) is 9.68 Å². The predicted octanol–water partition coefficient (Wildman–Crippen LogP) is 1.36. The molecule has 1 aliphatic carbocycles. The Morgan fingerprint density at radius 1 is 1.67 bits per heavy atom. The van der Waals surface area contributed by atoms with E-state index in [-0.39, 0.29) is 23.8 Å². The normalized spacial score (nSPS) is 32.7. The van der Waals surface area contributed by atoms with Crippen molar-refractivity contribution in [3.8, 4) is 6.07 Å². The maximum absolute atomic E-state index is 11.8. The van der Waals surface area contributed by atoms with Crippen LogP contribution in [0.1, 0.15) is 28.5 Å². The highest BCUT2D eigenvalue weighted by Gasteiger charge is 2.52. The topological polar surface area (TPSA) is 57.2 Å². The second kappa shape index (κ2) is 2.63. The fraction of sp³-hybridized carbons (Fsp3) is 0.455. The van der Waals surface area contributed by atoms with Crippen LogP contribution in [0.15, 0.2) is 16.7 Å². The van der Waals surface area contributed by atoms with Crippen LogP contribution in [0, 0.1) is 17.2 Å². The van der Waals surface area contributed by atoms with Gasteiger partial charge >= 0.3 is 0 Å². The number of nitriles is 1. The lowest BCUT2D eigenvalue weighted by molar-refractivity contribution is 0.0407. The van der Waals surface area contributed by atoms with E-state index in [1.807, 2.05) is 0 Å². The summed E-state index contributed by atoms with van der Waals surface area (Å²) >= 11 is 0. The van der Waals surface area contributed by atoms with Gasteiger partial charge in [0.2, 0.25) is 0 Å². The molecule has 1 aliphatic heterocycles. The minimum Gasteiger partial charge on any atom is -0.468 e. The molecule has 0 aromatic carbocycles. The quantitative estimate of drug-likeness (QED) is 0.638. The minimum absolute atomic E-state index is 0.00421. The molecule has 0 radical (unpaired) electrons. The highest BCUT2D eigenvalue weighted by Crippen LogP contribution is 2.49. The van der Waals surface area contributed by atoms with Gasteiger partial charge in [0.25, 0.3) is 5.91 Å². The van der Waals surface area contributed by atoms with Crippen LogP contribution < -0.4 is 0 Å². The summed E-state index contributed by atoms with van der Waals surface area (Å²) in [7, 11) is 1.80. The van der Waals surface area contributed by atoms with Gasteiger partial charge < -0.3 is 9.32 Å². The number of carbonyl (C=O) groups is 1. The van der Waals surface area contributed by atoms with E-state index in [0.29, 0.717) is 11.3 Å². The molecule has 0 unspecified atom stereocenters. The molecule has 0 saturated heterocycles. The fourth-order valence-corrected chi connectivity index (χ4v) is 2.61. The molecule has 76 valence electrons. The second-order valence-electron chi connectivity index (χ2n) is 4.18. The number of carbonyl (C=O) groups excluding carboxylic acids is 1. The van der Waals surface area contributed by atoms with Crippen molar-refractivity contribution in [3.05, 3.63) is 23.7 Å². The summed E-state index contributed by atoms with van der Waals surface area (Å²) in [6.07, 6.45) is 2.30. The first kappa shape index (κ1) is 8.54. The standard InChI is InChI=1S/C11H10N2O2/c1-13-8-4-6(5-12)9(8)10-7(11(13)14)2-3-15-10/h2-3,6,8-9H,4H2,1H3/t6-,8+,9-/m0/s1. The third-order valence-corrected chi connectivity index (χ3v) is 3.56. The van der Waals surface area contributed by atoms with E-state index in [1.54, 1.807) is 18.0 Å². The van der Waals surface area contributed by atoms with Crippen LogP contribution in [0.3, 0.4) is 0 Å². The van der Waals surface area contributed by atoms with Crippen molar-refractivity contribution >= 4 is 5.91 Å². The summed E-state index contributed by atoms with van der Waals surface area (Å²) in [4.78, 5) is 13.6. The van der Waals surface area contributed by atoms with E-state index in [9.17, 15) is 4.79 Å². The number of fused-ring (bicyclic) bond motifs is 3. The van der Waals surface area contributed by atoms with Crippen LogP contribution >= 0.6 is 0 Å². The van der Waals surface area contributed by atoms with Gasteiger partial charge in [-0.15, -0.1) is 0 Å². The van der Waals surface area contributed by atoms with Gasteiger partial charge in [0.05, 0.1) is 29.7 Å². The summed E-state index contributed by atoms with van der Waals surface area (Å²) in [5.74, 6) is 0.801. The lowest BCUT2D eigenvalue weighted by Gasteiger charge is -2.48. The molecule has 3 rings (SSSR count). The SMILES string of the molecule is CN1C(=O)c2ccoc2[C@H]2[C@H](C#N)C[C@H]21. The number of hydrogen-bond acceptors (Lipinski definition) is 3. The maximum Gasteiger partial charge on any atom is 0.257 e. The van der Waals surface area contributed by atoms with Crippen molar-refractivity contribution in [1.29, 1.82) is 5.26 Å². The first-order valence-electron chi connectivity index (χ1n) is 4.98. The summed E-state index contributed by atoms with van der Waals surface area (Å²) < 4.78 is 5.34. The third-order valence-electron chi connectivity index (χ3n) is 3.56. The summed E-state index contributed by atoms with van der Waals surface area (Å²) in [5, 5.41) is 8.95. The van der Waals surface area contributed by atoms with Gasteiger partial charge in [0, 0.05) is 13.1 Å².